The van der Waals surface area contributed by atoms with Crippen LogP contribution < -0.4 is 5.32 Å². The van der Waals surface area contributed by atoms with Crippen LogP contribution >= 0.6 is 0 Å². The average molecular weight is 316 g/mol. The highest BCUT2D eigenvalue weighted by molar-refractivity contribution is 5.25. The SMILES string of the molecule is C[C@@H](N[C@@](C)(Cc1ccccc1)c1ccccn1)c1ccccc1. The van der Waals surface area contributed by atoms with Gasteiger partial charge in [-0.25, -0.2) is 0 Å². The van der Waals surface area contributed by atoms with Crippen molar-refractivity contribution in [2.24, 2.45) is 0 Å². The Hall–Kier alpha value is -2.45. The number of nitrogens with zero attached hydrogens (tertiary/aromatic N) is 1. The second-order valence-corrected chi connectivity index (χ2v) is 6.49. The lowest BCUT2D eigenvalue weighted by Crippen LogP contribution is -2.43. The van der Waals surface area contributed by atoms with Crippen molar-refractivity contribution >= 4 is 0 Å². The molecule has 0 radical (unpaired) electrons. The van der Waals surface area contributed by atoms with E-state index in [-0.39, 0.29) is 11.6 Å². The third-order valence-corrected chi connectivity index (χ3v) is 4.47. The van der Waals surface area contributed by atoms with Gasteiger partial charge in [0.15, 0.2) is 0 Å². The van der Waals surface area contributed by atoms with Crippen molar-refractivity contribution < 1.29 is 0 Å². The molecule has 0 saturated carbocycles. The zero-order valence-corrected chi connectivity index (χ0v) is 14.3. The molecule has 0 fully saturated rings. The van der Waals surface area contributed by atoms with Crippen LogP contribution in [0.3, 0.4) is 0 Å². The third-order valence-electron chi connectivity index (χ3n) is 4.47. The molecule has 1 aromatic heterocycles. The molecule has 2 aromatic carbocycles. The molecule has 0 saturated heterocycles. The maximum absolute atomic E-state index is 4.63. The number of benzene rings is 2. The molecule has 122 valence electrons. The van der Waals surface area contributed by atoms with Gasteiger partial charge in [-0.15, -0.1) is 0 Å². The van der Waals surface area contributed by atoms with Crippen molar-refractivity contribution in [1.82, 2.24) is 10.3 Å². The molecule has 3 aromatic rings. The summed E-state index contributed by atoms with van der Waals surface area (Å²) in [5, 5.41) is 3.81. The topological polar surface area (TPSA) is 24.9 Å². The second kappa shape index (κ2) is 7.41. The number of hydrogen-bond acceptors (Lipinski definition) is 2. The van der Waals surface area contributed by atoms with Crippen molar-refractivity contribution in [2.75, 3.05) is 0 Å². The first-order valence-corrected chi connectivity index (χ1v) is 8.45. The molecule has 0 bridgehead atoms. The van der Waals surface area contributed by atoms with Gasteiger partial charge in [0.05, 0.1) is 11.2 Å². The monoisotopic (exact) mass is 316 g/mol. The van der Waals surface area contributed by atoms with E-state index in [0.29, 0.717) is 0 Å². The van der Waals surface area contributed by atoms with Gasteiger partial charge in [0.2, 0.25) is 0 Å². The van der Waals surface area contributed by atoms with Crippen LogP contribution in [0.2, 0.25) is 0 Å². The zero-order chi connectivity index (χ0) is 16.8. The minimum atomic E-state index is -0.238. The van der Waals surface area contributed by atoms with Crippen molar-refractivity contribution in [3.63, 3.8) is 0 Å². The Morgan fingerprint density at radius 1 is 0.875 bits per heavy atom. The first kappa shape index (κ1) is 16.4. The molecule has 2 atom stereocenters. The molecule has 0 aliphatic carbocycles. The first-order chi connectivity index (χ1) is 11.7. The summed E-state index contributed by atoms with van der Waals surface area (Å²) in [5.41, 5.74) is 3.42. The Balaban J connectivity index is 1.90. The fourth-order valence-electron chi connectivity index (χ4n) is 3.21. The van der Waals surface area contributed by atoms with E-state index >= 15 is 0 Å². The first-order valence-electron chi connectivity index (χ1n) is 8.45. The summed E-state index contributed by atoms with van der Waals surface area (Å²) in [6.45, 7) is 4.45. The number of aromatic nitrogens is 1. The van der Waals surface area contributed by atoms with E-state index in [2.05, 4.69) is 96.9 Å². The summed E-state index contributed by atoms with van der Waals surface area (Å²) < 4.78 is 0. The average Bonchev–Trinajstić information content (AvgIpc) is 2.64. The van der Waals surface area contributed by atoms with Crippen LogP contribution in [0.4, 0.5) is 0 Å². The van der Waals surface area contributed by atoms with Gasteiger partial charge in [-0.3, -0.25) is 10.3 Å². The van der Waals surface area contributed by atoms with Gasteiger partial charge in [-0.05, 0) is 43.5 Å². The maximum Gasteiger partial charge on any atom is 0.0625 e. The molecule has 0 aliphatic heterocycles. The van der Waals surface area contributed by atoms with E-state index in [0.717, 1.165) is 12.1 Å². The summed E-state index contributed by atoms with van der Waals surface area (Å²) in [6.07, 6.45) is 2.76. The molecule has 3 rings (SSSR count). The van der Waals surface area contributed by atoms with Crippen LogP contribution in [0, 0.1) is 0 Å². The molecule has 0 spiro atoms. The fraction of sp³-hybridized carbons (Fsp3) is 0.227. The van der Waals surface area contributed by atoms with Crippen LogP contribution in [0.25, 0.3) is 0 Å². The Morgan fingerprint density at radius 3 is 2.12 bits per heavy atom. The quantitative estimate of drug-likeness (QED) is 0.700. The molecule has 1 heterocycles. The Labute approximate surface area is 144 Å². The normalized spacial score (nSPS) is 14.8. The van der Waals surface area contributed by atoms with E-state index in [1.54, 1.807) is 0 Å². The highest BCUT2D eigenvalue weighted by Gasteiger charge is 2.30. The van der Waals surface area contributed by atoms with E-state index in [1.807, 2.05) is 12.3 Å². The van der Waals surface area contributed by atoms with Crippen LogP contribution in [-0.2, 0) is 12.0 Å². The van der Waals surface area contributed by atoms with Gasteiger partial charge >= 0.3 is 0 Å². The lowest BCUT2D eigenvalue weighted by molar-refractivity contribution is 0.316. The van der Waals surface area contributed by atoms with E-state index in [1.165, 1.54) is 11.1 Å². The summed E-state index contributed by atoms with van der Waals surface area (Å²) >= 11 is 0. The largest absolute Gasteiger partial charge is 0.299 e. The third kappa shape index (κ3) is 3.90. The maximum atomic E-state index is 4.63. The summed E-state index contributed by atoms with van der Waals surface area (Å²) in [4.78, 5) is 4.63. The Kier molecular flexibility index (Phi) is 5.07. The van der Waals surface area contributed by atoms with Crippen LogP contribution in [0.15, 0.2) is 85.1 Å². The van der Waals surface area contributed by atoms with Gasteiger partial charge in [-0.2, -0.15) is 0 Å². The molecule has 2 nitrogen and oxygen atoms in total. The number of hydrogen-bond donors (Lipinski definition) is 1. The van der Waals surface area contributed by atoms with Crippen LogP contribution in [-0.4, -0.2) is 4.98 Å². The lowest BCUT2D eigenvalue weighted by atomic mass is 9.87. The van der Waals surface area contributed by atoms with Crippen LogP contribution in [0.1, 0.15) is 36.7 Å². The second-order valence-electron chi connectivity index (χ2n) is 6.49. The van der Waals surface area contributed by atoms with Gasteiger partial charge < -0.3 is 0 Å². The van der Waals surface area contributed by atoms with Gasteiger partial charge in [0.25, 0.3) is 0 Å². The van der Waals surface area contributed by atoms with Gasteiger partial charge in [0, 0.05) is 12.2 Å². The number of pyridine rings is 1. The van der Waals surface area contributed by atoms with E-state index in [4.69, 9.17) is 0 Å². The van der Waals surface area contributed by atoms with Crippen LogP contribution in [0.5, 0.6) is 0 Å². The summed E-state index contributed by atoms with van der Waals surface area (Å²) in [6, 6.07) is 27.5. The van der Waals surface area contributed by atoms with Crippen molar-refractivity contribution in [3.05, 3.63) is 102 Å². The van der Waals surface area contributed by atoms with E-state index in [9.17, 15) is 0 Å². The molecular formula is C22H24N2. The highest BCUT2D eigenvalue weighted by Crippen LogP contribution is 2.27. The standard InChI is InChI=1S/C22H24N2/c1-18(20-13-7-4-8-14-20)24-22(2,21-15-9-10-16-23-21)17-19-11-5-3-6-12-19/h3-16,18,24H,17H2,1-2H3/t18-,22+/m1/s1. The molecule has 1 N–H and O–H groups in total. The minimum Gasteiger partial charge on any atom is -0.299 e. The van der Waals surface area contributed by atoms with Crippen molar-refractivity contribution in [3.8, 4) is 0 Å². The zero-order valence-electron chi connectivity index (χ0n) is 14.3. The Bertz CT molecular complexity index is 741. The fourth-order valence-corrected chi connectivity index (χ4v) is 3.21. The molecule has 24 heavy (non-hydrogen) atoms. The lowest BCUT2D eigenvalue weighted by Gasteiger charge is -2.34. The summed E-state index contributed by atoms with van der Waals surface area (Å²) in [7, 11) is 0. The summed E-state index contributed by atoms with van der Waals surface area (Å²) in [5.74, 6) is 0. The minimum absolute atomic E-state index is 0.238. The predicted octanol–water partition coefficient (Wildman–Crippen LogP) is 4.89. The molecule has 0 aliphatic rings. The van der Waals surface area contributed by atoms with E-state index < -0.39 is 0 Å². The van der Waals surface area contributed by atoms with Crippen molar-refractivity contribution in [2.45, 2.75) is 31.8 Å². The molecule has 0 unspecified atom stereocenters. The molecular weight excluding hydrogens is 292 g/mol. The smallest absolute Gasteiger partial charge is 0.0625 e. The van der Waals surface area contributed by atoms with Gasteiger partial charge in [-0.1, -0.05) is 66.7 Å². The number of nitrogens with one attached hydrogen (secondary N) is 1. The van der Waals surface area contributed by atoms with Crippen molar-refractivity contribution in [1.29, 1.82) is 0 Å². The molecule has 0 amide bonds. The Morgan fingerprint density at radius 2 is 1.50 bits per heavy atom. The van der Waals surface area contributed by atoms with Gasteiger partial charge in [0.1, 0.15) is 0 Å². The number of rotatable bonds is 6. The predicted molar refractivity (Wildman–Crippen MR) is 99.7 cm³/mol. The molecule has 2 heteroatoms. The highest BCUT2D eigenvalue weighted by atomic mass is 15.0.